The van der Waals surface area contributed by atoms with Crippen molar-refractivity contribution in [2.45, 2.75) is 32.1 Å². The van der Waals surface area contributed by atoms with Gasteiger partial charge in [-0.15, -0.1) is 0 Å². The van der Waals surface area contributed by atoms with Crippen molar-refractivity contribution in [2.24, 2.45) is 0 Å². The lowest BCUT2D eigenvalue weighted by molar-refractivity contribution is 0.0599. The van der Waals surface area contributed by atoms with Crippen LogP contribution in [0.5, 0.6) is 0 Å². The van der Waals surface area contributed by atoms with Gasteiger partial charge < -0.3 is 4.74 Å². The van der Waals surface area contributed by atoms with Gasteiger partial charge in [-0.25, -0.2) is 4.79 Å². The Morgan fingerprint density at radius 3 is 2.19 bits per heavy atom. The lowest BCUT2D eigenvalue weighted by atomic mass is 9.97. The van der Waals surface area contributed by atoms with Crippen LogP contribution in [-0.4, -0.2) is 13.1 Å². The van der Waals surface area contributed by atoms with Crippen LogP contribution in [0.1, 0.15) is 39.0 Å². The van der Waals surface area contributed by atoms with Crippen LogP contribution in [0.4, 0.5) is 0 Å². The molecule has 4 aliphatic carbocycles. The zero-order valence-corrected chi connectivity index (χ0v) is 12.4. The first-order chi connectivity index (χ1) is 10.3. The molecule has 0 spiro atoms. The van der Waals surface area contributed by atoms with E-state index in [-0.39, 0.29) is 5.97 Å². The van der Waals surface area contributed by atoms with E-state index in [0.717, 1.165) is 43.2 Å². The molecule has 4 aliphatic rings. The number of esters is 1. The van der Waals surface area contributed by atoms with Crippen LogP contribution in [0.15, 0.2) is 42.5 Å². The molecule has 0 aliphatic heterocycles. The van der Waals surface area contributed by atoms with E-state index < -0.39 is 0 Å². The monoisotopic (exact) mass is 280 g/mol. The van der Waals surface area contributed by atoms with Crippen molar-refractivity contribution in [3.8, 4) is 0 Å². The quantitative estimate of drug-likeness (QED) is 0.744. The maximum absolute atomic E-state index is 12.0. The number of rotatable bonds is 1. The Morgan fingerprint density at radius 2 is 1.48 bits per heavy atom. The minimum absolute atomic E-state index is 0.225. The fourth-order valence-corrected chi connectivity index (χ4v) is 2.95. The molecule has 2 aromatic rings. The Bertz CT molecular complexity index is 641. The molecule has 21 heavy (non-hydrogen) atoms. The average molecular weight is 280 g/mol. The molecular weight excluding hydrogens is 260 g/mol. The number of carbonyl (C=O) groups is 1. The maximum atomic E-state index is 12.0. The van der Waals surface area contributed by atoms with Gasteiger partial charge in [-0.05, 0) is 60.4 Å². The third-order valence-electron chi connectivity index (χ3n) is 4.22. The summed E-state index contributed by atoms with van der Waals surface area (Å²) >= 11 is 0. The highest BCUT2D eigenvalue weighted by Gasteiger charge is 2.13. The molecule has 2 aromatic carbocycles. The Morgan fingerprint density at radius 1 is 0.857 bits per heavy atom. The van der Waals surface area contributed by atoms with Crippen LogP contribution < -0.4 is 0 Å². The van der Waals surface area contributed by atoms with Gasteiger partial charge >= 0.3 is 5.97 Å². The molecule has 0 saturated heterocycles. The van der Waals surface area contributed by atoms with E-state index in [1.807, 2.05) is 6.07 Å². The molecule has 2 nitrogen and oxygen atoms in total. The van der Waals surface area contributed by atoms with Crippen LogP contribution in [0, 0.1) is 0 Å². The summed E-state index contributed by atoms with van der Waals surface area (Å²) in [6.07, 6.45) is 4.98. The van der Waals surface area contributed by atoms with Gasteiger partial charge in [0, 0.05) is 0 Å². The van der Waals surface area contributed by atoms with E-state index in [9.17, 15) is 4.79 Å². The second-order valence-corrected chi connectivity index (χ2v) is 5.65. The van der Waals surface area contributed by atoms with Crippen LogP contribution in [0.3, 0.4) is 0 Å². The Hall–Kier alpha value is -2.09. The van der Waals surface area contributed by atoms with Crippen molar-refractivity contribution in [1.29, 1.82) is 0 Å². The first-order valence-corrected chi connectivity index (χ1v) is 7.54. The molecule has 0 N–H and O–H groups in total. The summed E-state index contributed by atoms with van der Waals surface area (Å²) in [4.78, 5) is 12.0. The highest BCUT2D eigenvalue weighted by molar-refractivity contribution is 5.91. The first kappa shape index (κ1) is 13.9. The lowest BCUT2D eigenvalue weighted by Gasteiger charge is -2.10. The molecule has 0 aromatic heterocycles. The van der Waals surface area contributed by atoms with Gasteiger partial charge in [-0.3, -0.25) is 0 Å². The largest absolute Gasteiger partial charge is 0.465 e. The summed E-state index contributed by atoms with van der Waals surface area (Å²) < 4.78 is 4.94. The van der Waals surface area contributed by atoms with Crippen LogP contribution in [0.25, 0.3) is 0 Å². The van der Waals surface area contributed by atoms with Crippen molar-refractivity contribution in [3.05, 3.63) is 70.3 Å². The van der Waals surface area contributed by atoms with Crippen LogP contribution >= 0.6 is 0 Å². The number of benzene rings is 2. The lowest BCUT2D eigenvalue weighted by Crippen LogP contribution is -2.07. The minimum atomic E-state index is -0.225. The fourth-order valence-electron chi connectivity index (χ4n) is 2.95. The summed E-state index contributed by atoms with van der Waals surface area (Å²) in [6, 6.07) is 15.1. The normalized spacial score (nSPS) is 14.1. The minimum Gasteiger partial charge on any atom is -0.465 e. The predicted octanol–water partition coefficient (Wildman–Crippen LogP) is 3.75. The molecule has 0 heterocycles. The Balaban J connectivity index is 1.98. The predicted molar refractivity (Wildman–Crippen MR) is 83.7 cm³/mol. The topological polar surface area (TPSA) is 26.3 Å². The van der Waals surface area contributed by atoms with Gasteiger partial charge in [-0.2, -0.15) is 0 Å². The molecule has 2 heteroatoms. The van der Waals surface area contributed by atoms with Gasteiger partial charge in [0.25, 0.3) is 0 Å². The molecule has 0 fully saturated rings. The van der Waals surface area contributed by atoms with Crippen molar-refractivity contribution < 1.29 is 9.53 Å². The van der Waals surface area contributed by atoms with Gasteiger partial charge in [0.15, 0.2) is 0 Å². The van der Waals surface area contributed by atoms with E-state index in [2.05, 4.69) is 36.4 Å². The molecule has 0 atom stereocenters. The SMILES string of the molecule is COC(=O)c1cc2ccc1CCc1ccc(cc1)CCC2. The van der Waals surface area contributed by atoms with Gasteiger partial charge in [0.2, 0.25) is 0 Å². The number of aryl methyl sites for hydroxylation is 4. The number of ether oxygens (including phenoxy) is 1. The molecule has 0 unspecified atom stereocenters. The standard InChI is InChI=1S/C19H20O2/c1-21-19(20)18-13-16-4-2-3-14-5-7-15(8-6-14)9-11-17(18)12-10-16/h5-8,10,12-13H,2-4,9,11H2,1H3. The third kappa shape index (κ3) is 3.15. The number of hydrogen-bond donors (Lipinski definition) is 0. The fraction of sp³-hybridized carbons (Fsp3) is 0.316. The number of methoxy groups -OCH3 is 1. The summed E-state index contributed by atoms with van der Waals surface area (Å²) in [5.41, 5.74) is 5.73. The van der Waals surface area contributed by atoms with E-state index in [1.165, 1.54) is 23.8 Å². The zero-order valence-electron chi connectivity index (χ0n) is 12.4. The van der Waals surface area contributed by atoms with Gasteiger partial charge in [-0.1, -0.05) is 36.4 Å². The second-order valence-electron chi connectivity index (χ2n) is 5.65. The first-order valence-electron chi connectivity index (χ1n) is 7.54. The average Bonchev–Trinajstić information content (AvgIpc) is 2.57. The number of carbonyl (C=O) groups excluding carboxylic acids is 1. The second kappa shape index (κ2) is 6.13. The third-order valence-corrected chi connectivity index (χ3v) is 4.22. The van der Waals surface area contributed by atoms with E-state index >= 15 is 0 Å². The molecular formula is C19H20O2. The Kier molecular flexibility index (Phi) is 4.05. The summed E-state index contributed by atoms with van der Waals surface area (Å²) in [5.74, 6) is -0.225. The molecule has 6 rings (SSSR count). The van der Waals surface area contributed by atoms with Gasteiger partial charge in [0.1, 0.15) is 0 Å². The van der Waals surface area contributed by atoms with Gasteiger partial charge in [0.05, 0.1) is 12.7 Å². The van der Waals surface area contributed by atoms with Crippen molar-refractivity contribution in [3.63, 3.8) is 0 Å². The highest BCUT2D eigenvalue weighted by atomic mass is 16.5. The molecule has 108 valence electrons. The van der Waals surface area contributed by atoms with E-state index in [0.29, 0.717) is 0 Å². The smallest absolute Gasteiger partial charge is 0.338 e. The van der Waals surface area contributed by atoms with E-state index in [4.69, 9.17) is 4.74 Å². The zero-order chi connectivity index (χ0) is 14.7. The summed E-state index contributed by atoms with van der Waals surface area (Å²) in [6.45, 7) is 0. The van der Waals surface area contributed by atoms with Crippen molar-refractivity contribution >= 4 is 5.97 Å². The molecule has 4 bridgehead atoms. The van der Waals surface area contributed by atoms with E-state index in [1.54, 1.807) is 0 Å². The summed E-state index contributed by atoms with van der Waals surface area (Å²) in [7, 11) is 1.45. The maximum Gasteiger partial charge on any atom is 0.338 e. The van der Waals surface area contributed by atoms with Crippen molar-refractivity contribution in [1.82, 2.24) is 0 Å². The molecule has 0 amide bonds. The van der Waals surface area contributed by atoms with Crippen molar-refractivity contribution in [2.75, 3.05) is 7.11 Å². The summed E-state index contributed by atoms with van der Waals surface area (Å²) in [5, 5.41) is 0. The van der Waals surface area contributed by atoms with Crippen LogP contribution in [-0.2, 0) is 30.4 Å². The highest BCUT2D eigenvalue weighted by Crippen LogP contribution is 2.19. The Labute approximate surface area is 125 Å². The number of hydrogen-bond acceptors (Lipinski definition) is 2. The molecule has 0 radical (unpaired) electrons. The molecule has 0 saturated carbocycles. The van der Waals surface area contributed by atoms with Crippen LogP contribution in [0.2, 0.25) is 0 Å².